The number of methoxy groups -OCH3 is 1. The standard InChI is InChI=1S/C21H20N4O3/c1-3-25(17-7-5-4-6-8-17)20(26)18-13-23-19(14-22-18)24-16-11-9-15(10-12-16)21(27)28-2/h4-14H,3H2,1-2H3,(H,23,24). The van der Waals surface area contributed by atoms with Crippen LogP contribution in [0.5, 0.6) is 0 Å². The number of hydrogen-bond acceptors (Lipinski definition) is 6. The van der Waals surface area contributed by atoms with E-state index in [0.717, 1.165) is 11.4 Å². The zero-order valence-corrected chi connectivity index (χ0v) is 15.6. The molecule has 0 atom stereocenters. The second kappa shape index (κ2) is 8.77. The van der Waals surface area contributed by atoms with Crippen molar-refractivity contribution >= 4 is 29.1 Å². The number of anilines is 3. The summed E-state index contributed by atoms with van der Waals surface area (Å²) >= 11 is 0. The summed E-state index contributed by atoms with van der Waals surface area (Å²) in [6.45, 7) is 2.43. The van der Waals surface area contributed by atoms with Crippen molar-refractivity contribution in [1.82, 2.24) is 9.97 Å². The first-order valence-electron chi connectivity index (χ1n) is 8.76. The molecule has 0 unspecified atom stereocenters. The molecule has 28 heavy (non-hydrogen) atoms. The first-order chi connectivity index (χ1) is 13.6. The Morgan fingerprint density at radius 1 is 1.00 bits per heavy atom. The van der Waals surface area contributed by atoms with E-state index < -0.39 is 5.97 Å². The first-order valence-corrected chi connectivity index (χ1v) is 8.76. The van der Waals surface area contributed by atoms with Crippen LogP contribution in [0.15, 0.2) is 67.0 Å². The van der Waals surface area contributed by atoms with Crippen LogP contribution in [0.1, 0.15) is 27.8 Å². The fourth-order valence-electron chi connectivity index (χ4n) is 2.65. The van der Waals surface area contributed by atoms with Crippen LogP contribution >= 0.6 is 0 Å². The summed E-state index contributed by atoms with van der Waals surface area (Å²) in [7, 11) is 1.34. The third-order valence-corrected chi connectivity index (χ3v) is 4.08. The molecule has 3 aromatic rings. The highest BCUT2D eigenvalue weighted by atomic mass is 16.5. The van der Waals surface area contributed by atoms with Gasteiger partial charge in [0.15, 0.2) is 0 Å². The van der Waals surface area contributed by atoms with Gasteiger partial charge in [0, 0.05) is 17.9 Å². The van der Waals surface area contributed by atoms with Gasteiger partial charge in [-0.25, -0.2) is 14.8 Å². The van der Waals surface area contributed by atoms with Gasteiger partial charge >= 0.3 is 5.97 Å². The molecular formula is C21H20N4O3. The molecule has 0 spiro atoms. The number of amides is 1. The highest BCUT2D eigenvalue weighted by Crippen LogP contribution is 2.18. The van der Waals surface area contributed by atoms with E-state index in [1.54, 1.807) is 29.2 Å². The topological polar surface area (TPSA) is 84.4 Å². The zero-order chi connectivity index (χ0) is 19.9. The highest BCUT2D eigenvalue weighted by molar-refractivity contribution is 6.04. The van der Waals surface area contributed by atoms with Crippen molar-refractivity contribution in [3.63, 3.8) is 0 Å². The monoisotopic (exact) mass is 376 g/mol. The average molecular weight is 376 g/mol. The summed E-state index contributed by atoms with van der Waals surface area (Å²) in [5, 5.41) is 3.08. The summed E-state index contributed by atoms with van der Waals surface area (Å²) in [4.78, 5) is 34.3. The molecule has 0 aliphatic carbocycles. The van der Waals surface area contributed by atoms with Crippen molar-refractivity contribution in [2.24, 2.45) is 0 Å². The number of nitrogens with zero attached hydrogens (tertiary/aromatic N) is 3. The predicted octanol–water partition coefficient (Wildman–Crippen LogP) is 3.67. The molecule has 7 heteroatoms. The molecule has 1 amide bonds. The van der Waals surface area contributed by atoms with Gasteiger partial charge in [0.05, 0.1) is 25.1 Å². The quantitative estimate of drug-likeness (QED) is 0.661. The molecule has 1 N–H and O–H groups in total. The molecular weight excluding hydrogens is 356 g/mol. The van der Waals surface area contributed by atoms with Gasteiger partial charge in [0.2, 0.25) is 0 Å². The number of carbonyl (C=O) groups is 2. The maximum atomic E-state index is 12.7. The van der Waals surface area contributed by atoms with Crippen LogP contribution in [0.4, 0.5) is 17.2 Å². The van der Waals surface area contributed by atoms with E-state index in [4.69, 9.17) is 0 Å². The van der Waals surface area contributed by atoms with Gasteiger partial charge in [-0.2, -0.15) is 0 Å². The van der Waals surface area contributed by atoms with Gasteiger partial charge in [-0.05, 0) is 43.3 Å². The Kier molecular flexibility index (Phi) is 5.96. The Morgan fingerprint density at radius 3 is 2.29 bits per heavy atom. The van der Waals surface area contributed by atoms with Crippen LogP contribution in [0.25, 0.3) is 0 Å². The molecule has 1 heterocycles. The Labute approximate surface area is 163 Å². The SMILES string of the molecule is CCN(C(=O)c1cnc(Nc2ccc(C(=O)OC)cc2)cn1)c1ccccc1. The van der Waals surface area contributed by atoms with Crippen LogP contribution in [-0.2, 0) is 4.74 Å². The third kappa shape index (κ3) is 4.32. The molecule has 0 saturated heterocycles. The molecule has 0 radical (unpaired) electrons. The van der Waals surface area contributed by atoms with Crippen LogP contribution < -0.4 is 10.2 Å². The lowest BCUT2D eigenvalue weighted by molar-refractivity contribution is 0.0600. The molecule has 142 valence electrons. The lowest BCUT2D eigenvalue weighted by Crippen LogP contribution is -2.31. The molecule has 0 aliphatic heterocycles. The molecule has 0 saturated carbocycles. The number of nitrogens with one attached hydrogen (secondary N) is 1. The van der Waals surface area contributed by atoms with Crippen LogP contribution in [0, 0.1) is 0 Å². The van der Waals surface area contributed by atoms with Gasteiger partial charge in [0.1, 0.15) is 11.5 Å². The molecule has 1 aromatic heterocycles. The minimum absolute atomic E-state index is 0.213. The third-order valence-electron chi connectivity index (χ3n) is 4.08. The molecule has 0 bridgehead atoms. The average Bonchev–Trinajstić information content (AvgIpc) is 2.75. The summed E-state index contributed by atoms with van der Waals surface area (Å²) < 4.78 is 4.67. The van der Waals surface area contributed by atoms with Gasteiger partial charge < -0.3 is 15.0 Å². The van der Waals surface area contributed by atoms with Crippen molar-refractivity contribution < 1.29 is 14.3 Å². The molecule has 2 aromatic carbocycles. The predicted molar refractivity (Wildman–Crippen MR) is 107 cm³/mol. The Hall–Kier alpha value is -3.74. The van der Waals surface area contributed by atoms with Crippen molar-refractivity contribution in [2.45, 2.75) is 6.92 Å². The summed E-state index contributed by atoms with van der Waals surface area (Å²) in [6, 6.07) is 16.2. The number of benzene rings is 2. The lowest BCUT2D eigenvalue weighted by atomic mass is 10.2. The maximum absolute atomic E-state index is 12.7. The van der Waals surface area contributed by atoms with Crippen LogP contribution in [0.2, 0.25) is 0 Å². The Balaban J connectivity index is 1.71. The fourth-order valence-corrected chi connectivity index (χ4v) is 2.65. The Bertz CT molecular complexity index is 942. The van der Waals surface area contributed by atoms with E-state index in [1.807, 2.05) is 37.3 Å². The van der Waals surface area contributed by atoms with E-state index in [0.29, 0.717) is 17.9 Å². The van der Waals surface area contributed by atoms with Crippen molar-refractivity contribution in [3.8, 4) is 0 Å². The summed E-state index contributed by atoms with van der Waals surface area (Å²) in [6.07, 6.45) is 2.94. The fraction of sp³-hybridized carbons (Fsp3) is 0.143. The molecule has 7 nitrogen and oxygen atoms in total. The number of carbonyl (C=O) groups excluding carboxylic acids is 2. The minimum Gasteiger partial charge on any atom is -0.465 e. The normalized spacial score (nSPS) is 10.2. The van der Waals surface area contributed by atoms with E-state index in [2.05, 4.69) is 20.0 Å². The summed E-state index contributed by atoms with van der Waals surface area (Å²) in [5.41, 5.74) is 2.27. The Morgan fingerprint density at radius 2 is 1.71 bits per heavy atom. The van der Waals surface area contributed by atoms with Crippen LogP contribution in [-0.4, -0.2) is 35.5 Å². The highest BCUT2D eigenvalue weighted by Gasteiger charge is 2.17. The molecule has 0 aliphatic rings. The number of para-hydroxylation sites is 1. The van der Waals surface area contributed by atoms with Crippen molar-refractivity contribution in [3.05, 3.63) is 78.2 Å². The second-order valence-corrected chi connectivity index (χ2v) is 5.87. The van der Waals surface area contributed by atoms with Gasteiger partial charge in [0.25, 0.3) is 5.91 Å². The van der Waals surface area contributed by atoms with E-state index in [-0.39, 0.29) is 11.6 Å². The van der Waals surface area contributed by atoms with E-state index >= 15 is 0 Å². The summed E-state index contributed by atoms with van der Waals surface area (Å²) in [5.74, 6) is -0.117. The molecule has 0 fully saturated rings. The number of aromatic nitrogens is 2. The first kappa shape index (κ1) is 19.0. The van der Waals surface area contributed by atoms with Gasteiger partial charge in [-0.15, -0.1) is 0 Å². The van der Waals surface area contributed by atoms with Crippen molar-refractivity contribution in [1.29, 1.82) is 0 Å². The second-order valence-electron chi connectivity index (χ2n) is 5.87. The number of hydrogen-bond donors (Lipinski definition) is 1. The van der Waals surface area contributed by atoms with E-state index in [1.165, 1.54) is 19.5 Å². The number of esters is 1. The zero-order valence-electron chi connectivity index (χ0n) is 15.6. The van der Waals surface area contributed by atoms with Crippen LogP contribution in [0.3, 0.4) is 0 Å². The van der Waals surface area contributed by atoms with Crippen molar-refractivity contribution in [2.75, 3.05) is 23.9 Å². The smallest absolute Gasteiger partial charge is 0.337 e. The number of ether oxygens (including phenoxy) is 1. The van der Waals surface area contributed by atoms with Gasteiger partial charge in [-0.3, -0.25) is 4.79 Å². The molecule has 3 rings (SSSR count). The lowest BCUT2D eigenvalue weighted by Gasteiger charge is -2.20. The largest absolute Gasteiger partial charge is 0.465 e. The number of rotatable bonds is 6. The van der Waals surface area contributed by atoms with E-state index in [9.17, 15) is 9.59 Å². The minimum atomic E-state index is -0.395. The van der Waals surface area contributed by atoms with Gasteiger partial charge in [-0.1, -0.05) is 18.2 Å². The maximum Gasteiger partial charge on any atom is 0.337 e.